The van der Waals surface area contributed by atoms with Crippen LogP contribution in [-0.2, 0) is 9.59 Å². The summed E-state index contributed by atoms with van der Waals surface area (Å²) in [6.45, 7) is 3.43. The van der Waals surface area contributed by atoms with E-state index < -0.39 is 0 Å². The zero-order valence-corrected chi connectivity index (χ0v) is 14.0. The number of carbonyl (C=O) groups excluding carboxylic acids is 2. The van der Waals surface area contributed by atoms with E-state index in [1.165, 1.54) is 18.7 Å². The number of carbonyl (C=O) groups is 2. The predicted octanol–water partition coefficient (Wildman–Crippen LogP) is 3.61. The largest absolute Gasteiger partial charge is 0.349 e. The second-order valence-corrected chi connectivity index (χ2v) is 6.18. The molecular formula is C18H20N2O2S. The molecule has 0 spiro atoms. The summed E-state index contributed by atoms with van der Waals surface area (Å²) < 4.78 is 0. The predicted molar refractivity (Wildman–Crippen MR) is 94.5 cm³/mol. The van der Waals surface area contributed by atoms with Gasteiger partial charge in [0, 0.05) is 11.8 Å². The van der Waals surface area contributed by atoms with Crippen molar-refractivity contribution < 1.29 is 9.59 Å². The van der Waals surface area contributed by atoms with E-state index in [-0.39, 0.29) is 17.9 Å². The average molecular weight is 328 g/mol. The van der Waals surface area contributed by atoms with Crippen LogP contribution in [-0.4, -0.2) is 17.6 Å². The molecule has 2 N–H and O–H groups in total. The molecule has 0 radical (unpaired) electrons. The van der Waals surface area contributed by atoms with Crippen molar-refractivity contribution >= 4 is 29.3 Å². The van der Waals surface area contributed by atoms with Crippen molar-refractivity contribution in [2.45, 2.75) is 24.8 Å². The molecule has 0 aliphatic heterocycles. The third-order valence-electron chi connectivity index (χ3n) is 3.23. The first-order valence-corrected chi connectivity index (χ1v) is 8.38. The molecule has 2 aromatic rings. The molecule has 0 bridgehead atoms. The Bertz CT molecular complexity index is 674. The van der Waals surface area contributed by atoms with Crippen molar-refractivity contribution in [1.29, 1.82) is 0 Å². The lowest BCUT2D eigenvalue weighted by molar-refractivity contribution is -0.119. The molecule has 4 nitrogen and oxygen atoms in total. The summed E-state index contributed by atoms with van der Waals surface area (Å²) in [6.07, 6.45) is 0. The standard InChI is InChI=1S/C18H20N2O2S/c1-13(15-8-4-3-5-9-15)19-18(22)12-23-17-11-7-6-10-16(17)20-14(2)21/h3-11,13H,12H2,1-2H3,(H,19,22)(H,20,21)/t13-/m0/s1. The highest BCUT2D eigenvalue weighted by molar-refractivity contribution is 8.00. The van der Waals surface area contributed by atoms with Gasteiger partial charge in [-0.05, 0) is 24.6 Å². The van der Waals surface area contributed by atoms with Crippen LogP contribution in [0.2, 0.25) is 0 Å². The summed E-state index contributed by atoms with van der Waals surface area (Å²) in [7, 11) is 0. The minimum atomic E-state index is -0.125. The van der Waals surface area contributed by atoms with E-state index in [2.05, 4.69) is 10.6 Å². The molecule has 0 saturated heterocycles. The van der Waals surface area contributed by atoms with Crippen LogP contribution in [0.4, 0.5) is 5.69 Å². The molecule has 0 unspecified atom stereocenters. The molecule has 0 aromatic heterocycles. The van der Waals surface area contributed by atoms with Crippen molar-refractivity contribution in [2.24, 2.45) is 0 Å². The molecule has 2 rings (SSSR count). The van der Waals surface area contributed by atoms with Crippen molar-refractivity contribution in [3.8, 4) is 0 Å². The number of benzene rings is 2. The van der Waals surface area contributed by atoms with Crippen LogP contribution in [0.1, 0.15) is 25.5 Å². The summed E-state index contributed by atoms with van der Waals surface area (Å²) in [6, 6.07) is 17.3. The number of rotatable bonds is 6. The maximum atomic E-state index is 12.1. The zero-order valence-electron chi connectivity index (χ0n) is 13.2. The van der Waals surface area contributed by atoms with E-state index in [0.29, 0.717) is 5.75 Å². The van der Waals surface area contributed by atoms with E-state index in [1.807, 2.05) is 61.5 Å². The summed E-state index contributed by atoms with van der Waals surface area (Å²) >= 11 is 1.41. The number of amides is 2. The Morgan fingerprint density at radius 1 is 1.04 bits per heavy atom. The van der Waals surface area contributed by atoms with Gasteiger partial charge < -0.3 is 10.6 Å². The highest BCUT2D eigenvalue weighted by atomic mass is 32.2. The smallest absolute Gasteiger partial charge is 0.230 e. The topological polar surface area (TPSA) is 58.2 Å². The molecule has 5 heteroatoms. The van der Waals surface area contributed by atoms with Gasteiger partial charge in [0.15, 0.2) is 0 Å². The fourth-order valence-corrected chi connectivity index (χ4v) is 2.96. The van der Waals surface area contributed by atoms with E-state index in [0.717, 1.165) is 16.1 Å². The van der Waals surface area contributed by atoms with E-state index in [1.54, 1.807) is 0 Å². The van der Waals surface area contributed by atoms with Gasteiger partial charge in [-0.2, -0.15) is 0 Å². The SMILES string of the molecule is CC(=O)Nc1ccccc1SCC(=O)N[C@@H](C)c1ccccc1. The monoisotopic (exact) mass is 328 g/mol. The molecule has 0 saturated carbocycles. The Hall–Kier alpha value is -2.27. The summed E-state index contributed by atoms with van der Waals surface area (Å²) in [5, 5.41) is 5.75. The number of para-hydroxylation sites is 1. The Morgan fingerprint density at radius 3 is 2.39 bits per heavy atom. The van der Waals surface area contributed by atoms with Crippen molar-refractivity contribution in [1.82, 2.24) is 5.32 Å². The van der Waals surface area contributed by atoms with Crippen LogP contribution in [0.15, 0.2) is 59.5 Å². The molecule has 23 heavy (non-hydrogen) atoms. The van der Waals surface area contributed by atoms with Gasteiger partial charge in [0.25, 0.3) is 0 Å². The number of hydrogen-bond donors (Lipinski definition) is 2. The maximum absolute atomic E-state index is 12.1. The molecule has 1 atom stereocenters. The second kappa shape index (κ2) is 8.39. The quantitative estimate of drug-likeness (QED) is 0.796. The highest BCUT2D eigenvalue weighted by Crippen LogP contribution is 2.27. The average Bonchev–Trinajstić information content (AvgIpc) is 2.54. The van der Waals surface area contributed by atoms with Crippen LogP contribution in [0, 0.1) is 0 Å². The first kappa shape index (κ1) is 17.1. The minimum Gasteiger partial charge on any atom is -0.349 e. The summed E-state index contributed by atoms with van der Waals surface area (Å²) in [5.74, 6) is 0.137. The van der Waals surface area contributed by atoms with Crippen LogP contribution in [0.5, 0.6) is 0 Å². The second-order valence-electron chi connectivity index (χ2n) is 5.17. The van der Waals surface area contributed by atoms with Gasteiger partial charge in [-0.25, -0.2) is 0 Å². The van der Waals surface area contributed by atoms with Crippen molar-refractivity contribution in [2.75, 3.05) is 11.1 Å². The van der Waals surface area contributed by atoms with Gasteiger partial charge in [-0.15, -0.1) is 11.8 Å². The number of thioether (sulfide) groups is 1. The Labute approximate surface area is 140 Å². The first-order valence-electron chi connectivity index (χ1n) is 7.40. The third-order valence-corrected chi connectivity index (χ3v) is 4.31. The van der Waals surface area contributed by atoms with E-state index in [9.17, 15) is 9.59 Å². The Balaban J connectivity index is 1.91. The highest BCUT2D eigenvalue weighted by Gasteiger charge is 2.11. The molecule has 0 aliphatic rings. The first-order chi connectivity index (χ1) is 11.1. The number of anilines is 1. The maximum Gasteiger partial charge on any atom is 0.230 e. The fraction of sp³-hybridized carbons (Fsp3) is 0.222. The molecule has 2 aromatic carbocycles. The molecular weight excluding hydrogens is 308 g/mol. The normalized spacial score (nSPS) is 11.6. The lowest BCUT2D eigenvalue weighted by Crippen LogP contribution is -2.28. The summed E-state index contributed by atoms with van der Waals surface area (Å²) in [4.78, 5) is 24.2. The minimum absolute atomic E-state index is 0.0325. The molecule has 0 heterocycles. The lowest BCUT2D eigenvalue weighted by atomic mass is 10.1. The van der Waals surface area contributed by atoms with Crippen molar-refractivity contribution in [3.63, 3.8) is 0 Å². The van der Waals surface area contributed by atoms with E-state index >= 15 is 0 Å². The molecule has 0 aliphatic carbocycles. The zero-order chi connectivity index (χ0) is 16.7. The van der Waals surface area contributed by atoms with Gasteiger partial charge in [0.2, 0.25) is 11.8 Å². The molecule has 120 valence electrons. The Kier molecular flexibility index (Phi) is 6.23. The number of hydrogen-bond acceptors (Lipinski definition) is 3. The number of nitrogens with one attached hydrogen (secondary N) is 2. The molecule has 2 amide bonds. The van der Waals surface area contributed by atoms with Gasteiger partial charge >= 0.3 is 0 Å². The van der Waals surface area contributed by atoms with Gasteiger partial charge in [0.05, 0.1) is 17.5 Å². The van der Waals surface area contributed by atoms with Crippen molar-refractivity contribution in [3.05, 3.63) is 60.2 Å². The third kappa shape index (κ3) is 5.45. The van der Waals surface area contributed by atoms with E-state index in [4.69, 9.17) is 0 Å². The fourth-order valence-electron chi connectivity index (χ4n) is 2.14. The van der Waals surface area contributed by atoms with Gasteiger partial charge in [-0.3, -0.25) is 9.59 Å². The van der Waals surface area contributed by atoms with Crippen LogP contribution < -0.4 is 10.6 Å². The van der Waals surface area contributed by atoms with Crippen LogP contribution in [0.3, 0.4) is 0 Å². The van der Waals surface area contributed by atoms with Gasteiger partial charge in [0.1, 0.15) is 0 Å². The lowest BCUT2D eigenvalue weighted by Gasteiger charge is -2.14. The van der Waals surface area contributed by atoms with Crippen LogP contribution in [0.25, 0.3) is 0 Å². The molecule has 0 fully saturated rings. The summed E-state index contributed by atoms with van der Waals surface area (Å²) in [5.41, 5.74) is 1.80. The van der Waals surface area contributed by atoms with Gasteiger partial charge in [-0.1, -0.05) is 42.5 Å². The Morgan fingerprint density at radius 2 is 1.70 bits per heavy atom. The van der Waals surface area contributed by atoms with Crippen LogP contribution >= 0.6 is 11.8 Å².